The number of hydrogen-bond donors (Lipinski definition) is 1. The summed E-state index contributed by atoms with van der Waals surface area (Å²) in [5, 5.41) is 5.63. The van der Waals surface area contributed by atoms with Crippen LogP contribution in [-0.4, -0.2) is 47.0 Å². The van der Waals surface area contributed by atoms with E-state index in [-0.39, 0.29) is 11.7 Å². The van der Waals surface area contributed by atoms with Crippen LogP contribution in [-0.2, 0) is 21.4 Å². The summed E-state index contributed by atoms with van der Waals surface area (Å²) in [6.07, 6.45) is 0. The van der Waals surface area contributed by atoms with Crippen LogP contribution in [0.3, 0.4) is 0 Å². The molecule has 1 fully saturated rings. The van der Waals surface area contributed by atoms with Crippen LogP contribution in [0.5, 0.6) is 0 Å². The van der Waals surface area contributed by atoms with Gasteiger partial charge in [-0.3, -0.25) is 4.79 Å². The van der Waals surface area contributed by atoms with Crippen molar-refractivity contribution < 1.29 is 13.2 Å². The first-order valence-corrected chi connectivity index (χ1v) is 11.5. The SMILES string of the molecule is CCS(=O)(=O)N1CSCC1C(=O)NCc1csc(-c2ccccc2)n1. The maximum Gasteiger partial charge on any atom is 0.239 e. The molecule has 134 valence electrons. The summed E-state index contributed by atoms with van der Waals surface area (Å²) < 4.78 is 25.4. The van der Waals surface area contributed by atoms with E-state index in [4.69, 9.17) is 0 Å². The normalized spacial score (nSPS) is 18.4. The van der Waals surface area contributed by atoms with Crippen LogP contribution >= 0.6 is 23.1 Å². The lowest BCUT2D eigenvalue weighted by molar-refractivity contribution is -0.124. The molecule has 1 aliphatic heterocycles. The Labute approximate surface area is 155 Å². The standard InChI is InChI=1S/C16H19N3O3S3/c1-2-25(21,22)19-11-23-10-14(19)15(20)17-8-13-9-24-16(18-13)12-6-4-3-5-7-12/h3-7,9,14H,2,8,10-11H2,1H3,(H,17,20). The first kappa shape index (κ1) is 18.4. The lowest BCUT2D eigenvalue weighted by Gasteiger charge is -2.21. The van der Waals surface area contributed by atoms with Crippen molar-refractivity contribution >= 4 is 39.0 Å². The largest absolute Gasteiger partial charge is 0.349 e. The van der Waals surface area contributed by atoms with Crippen LogP contribution < -0.4 is 5.32 Å². The molecule has 1 aliphatic rings. The van der Waals surface area contributed by atoms with Crippen molar-refractivity contribution in [3.63, 3.8) is 0 Å². The average Bonchev–Trinajstić information content (AvgIpc) is 3.30. The quantitative estimate of drug-likeness (QED) is 0.808. The Morgan fingerprint density at radius 1 is 1.36 bits per heavy atom. The molecule has 9 heteroatoms. The molecule has 1 amide bonds. The van der Waals surface area contributed by atoms with Crippen LogP contribution in [0.2, 0.25) is 0 Å². The molecular formula is C16H19N3O3S3. The summed E-state index contributed by atoms with van der Waals surface area (Å²) in [6, 6.07) is 9.21. The van der Waals surface area contributed by atoms with Gasteiger partial charge in [-0.25, -0.2) is 13.4 Å². The molecule has 0 aliphatic carbocycles. The second-order valence-corrected chi connectivity index (χ2v) is 9.60. The fourth-order valence-corrected chi connectivity index (χ4v) is 6.17. The van der Waals surface area contributed by atoms with Gasteiger partial charge in [0.15, 0.2) is 0 Å². The highest BCUT2D eigenvalue weighted by Gasteiger charge is 2.38. The molecule has 1 aromatic carbocycles. The van der Waals surface area contributed by atoms with Gasteiger partial charge < -0.3 is 5.32 Å². The molecule has 0 bridgehead atoms. The zero-order chi connectivity index (χ0) is 17.9. The third-order valence-electron chi connectivity index (χ3n) is 3.88. The molecule has 0 saturated carbocycles. The summed E-state index contributed by atoms with van der Waals surface area (Å²) in [4.78, 5) is 16.9. The maximum atomic E-state index is 12.4. The fourth-order valence-electron chi connectivity index (χ4n) is 2.47. The van der Waals surface area contributed by atoms with Crippen molar-refractivity contribution in [2.24, 2.45) is 0 Å². The van der Waals surface area contributed by atoms with Crippen molar-refractivity contribution in [2.75, 3.05) is 17.4 Å². The lowest BCUT2D eigenvalue weighted by Crippen LogP contribution is -2.47. The number of benzene rings is 1. The van der Waals surface area contributed by atoms with Crippen LogP contribution in [0, 0.1) is 0 Å². The van der Waals surface area contributed by atoms with Gasteiger partial charge in [0.25, 0.3) is 0 Å². The topological polar surface area (TPSA) is 79.4 Å². The maximum absolute atomic E-state index is 12.4. The van der Waals surface area contributed by atoms with Crippen LogP contribution in [0.15, 0.2) is 35.7 Å². The Morgan fingerprint density at radius 3 is 2.84 bits per heavy atom. The van der Waals surface area contributed by atoms with Crippen LogP contribution in [0.1, 0.15) is 12.6 Å². The predicted molar refractivity (Wildman–Crippen MR) is 102 cm³/mol. The third kappa shape index (κ3) is 4.22. The van der Waals surface area contributed by atoms with Gasteiger partial charge in [0.1, 0.15) is 11.0 Å². The summed E-state index contributed by atoms with van der Waals surface area (Å²) in [5.74, 6) is 0.556. The average molecular weight is 398 g/mol. The number of nitrogens with one attached hydrogen (secondary N) is 1. The summed E-state index contributed by atoms with van der Waals surface area (Å²) >= 11 is 2.98. The number of rotatable bonds is 6. The highest BCUT2D eigenvalue weighted by atomic mass is 32.2. The third-order valence-corrected chi connectivity index (χ3v) is 7.83. The molecule has 6 nitrogen and oxygen atoms in total. The Kier molecular flexibility index (Phi) is 5.78. The molecule has 1 aromatic heterocycles. The molecule has 1 unspecified atom stereocenters. The zero-order valence-corrected chi connectivity index (χ0v) is 16.2. The van der Waals surface area contributed by atoms with Gasteiger partial charge >= 0.3 is 0 Å². The number of nitrogens with zero attached hydrogens (tertiary/aromatic N) is 2. The van der Waals surface area contributed by atoms with Crippen molar-refractivity contribution in [1.29, 1.82) is 0 Å². The van der Waals surface area contributed by atoms with Crippen molar-refractivity contribution in [1.82, 2.24) is 14.6 Å². The molecule has 3 rings (SSSR count). The van der Waals surface area contributed by atoms with Crippen molar-refractivity contribution in [3.8, 4) is 10.6 Å². The number of amides is 1. The minimum atomic E-state index is -3.37. The van der Waals surface area contributed by atoms with E-state index in [0.717, 1.165) is 16.3 Å². The molecule has 1 saturated heterocycles. The van der Waals surface area contributed by atoms with E-state index in [1.807, 2.05) is 35.7 Å². The van der Waals surface area contributed by atoms with Gasteiger partial charge in [-0.2, -0.15) is 4.31 Å². The number of hydrogen-bond acceptors (Lipinski definition) is 6. The van der Waals surface area contributed by atoms with E-state index in [1.54, 1.807) is 6.92 Å². The molecular weight excluding hydrogens is 378 g/mol. The second-order valence-electron chi connectivity index (χ2n) is 5.53. The monoisotopic (exact) mass is 397 g/mol. The van der Waals surface area contributed by atoms with Crippen LogP contribution in [0.25, 0.3) is 10.6 Å². The van der Waals surface area contributed by atoms with Crippen molar-refractivity contribution in [2.45, 2.75) is 19.5 Å². The van der Waals surface area contributed by atoms with E-state index < -0.39 is 16.1 Å². The molecule has 2 aromatic rings. The summed E-state index contributed by atoms with van der Waals surface area (Å²) in [7, 11) is -3.37. The molecule has 25 heavy (non-hydrogen) atoms. The molecule has 2 heterocycles. The first-order valence-electron chi connectivity index (χ1n) is 7.86. The van der Waals surface area contributed by atoms with Gasteiger partial charge in [-0.15, -0.1) is 23.1 Å². The van der Waals surface area contributed by atoms with Gasteiger partial charge in [-0.05, 0) is 6.92 Å². The van der Waals surface area contributed by atoms with E-state index in [2.05, 4.69) is 10.3 Å². The molecule has 0 radical (unpaired) electrons. The summed E-state index contributed by atoms with van der Waals surface area (Å²) in [5.41, 5.74) is 1.81. The fraction of sp³-hybridized carbons (Fsp3) is 0.375. The first-order chi connectivity index (χ1) is 12.0. The smallest absolute Gasteiger partial charge is 0.239 e. The molecule has 1 atom stereocenters. The minimum Gasteiger partial charge on any atom is -0.349 e. The van der Waals surface area contributed by atoms with Gasteiger partial charge in [0.2, 0.25) is 15.9 Å². The van der Waals surface area contributed by atoms with E-state index in [9.17, 15) is 13.2 Å². The van der Waals surface area contributed by atoms with E-state index >= 15 is 0 Å². The van der Waals surface area contributed by atoms with Crippen molar-refractivity contribution in [3.05, 3.63) is 41.4 Å². The van der Waals surface area contributed by atoms with Crippen LogP contribution in [0.4, 0.5) is 0 Å². The predicted octanol–water partition coefficient (Wildman–Crippen LogP) is 2.15. The Morgan fingerprint density at radius 2 is 2.12 bits per heavy atom. The zero-order valence-electron chi connectivity index (χ0n) is 13.7. The number of thioether (sulfide) groups is 1. The second kappa shape index (κ2) is 7.86. The Bertz CT molecular complexity index is 837. The van der Waals surface area contributed by atoms with Gasteiger partial charge in [0.05, 0.1) is 23.9 Å². The Hall–Kier alpha value is -1.42. The number of carbonyl (C=O) groups excluding carboxylic acids is 1. The highest BCUT2D eigenvalue weighted by Crippen LogP contribution is 2.25. The van der Waals surface area contributed by atoms with Gasteiger partial charge in [-0.1, -0.05) is 30.3 Å². The minimum absolute atomic E-state index is 0.00383. The van der Waals surface area contributed by atoms with E-state index in [1.165, 1.54) is 27.4 Å². The lowest BCUT2D eigenvalue weighted by atomic mass is 10.2. The molecule has 1 N–H and O–H groups in total. The highest BCUT2D eigenvalue weighted by molar-refractivity contribution is 8.00. The van der Waals surface area contributed by atoms with Gasteiger partial charge in [0, 0.05) is 16.7 Å². The number of aromatic nitrogens is 1. The molecule has 0 spiro atoms. The number of carbonyl (C=O) groups is 1. The number of sulfonamides is 1. The number of thiazole rings is 1. The Balaban J connectivity index is 1.62. The summed E-state index contributed by atoms with van der Waals surface area (Å²) in [6.45, 7) is 1.89. The van der Waals surface area contributed by atoms with E-state index in [0.29, 0.717) is 18.2 Å².